The zero-order valence-corrected chi connectivity index (χ0v) is 15.1. The first-order valence-electron chi connectivity index (χ1n) is 8.97. The molecule has 4 heteroatoms. The molecule has 1 N–H and O–H groups in total. The predicted octanol–water partition coefficient (Wildman–Crippen LogP) is 3.90. The molecule has 0 radical (unpaired) electrons. The fraction of sp³-hybridized carbons (Fsp3) is 0.174. The number of benzene rings is 3. The molecule has 0 fully saturated rings. The molecular weight excluding hydrogens is 338 g/mol. The van der Waals surface area contributed by atoms with Crippen molar-refractivity contribution in [2.24, 2.45) is 0 Å². The smallest absolute Gasteiger partial charge is 0.254 e. The summed E-state index contributed by atoms with van der Waals surface area (Å²) < 4.78 is 5.73. The van der Waals surface area contributed by atoms with Gasteiger partial charge in [-0.05, 0) is 35.4 Å². The van der Waals surface area contributed by atoms with Crippen LogP contribution in [0.3, 0.4) is 0 Å². The number of hydrogen-bond acceptors (Lipinski definition) is 3. The first-order chi connectivity index (χ1) is 13.3. The van der Waals surface area contributed by atoms with Crippen LogP contribution in [0.1, 0.15) is 21.5 Å². The summed E-state index contributed by atoms with van der Waals surface area (Å²) in [6.07, 6.45) is 0. The lowest BCUT2D eigenvalue weighted by atomic mass is 10.1. The molecular formula is C23H23NO3. The molecule has 0 aliphatic carbocycles. The Hall–Kier alpha value is -3.11. The number of amides is 1. The number of aliphatic hydroxyl groups excluding tert-OH is 1. The number of carbonyl (C=O) groups excluding carboxylic acids is 1. The van der Waals surface area contributed by atoms with Gasteiger partial charge in [-0.3, -0.25) is 4.79 Å². The Kier molecular flexibility index (Phi) is 6.61. The van der Waals surface area contributed by atoms with Crippen molar-refractivity contribution in [3.8, 4) is 5.75 Å². The topological polar surface area (TPSA) is 49.8 Å². The summed E-state index contributed by atoms with van der Waals surface area (Å²) in [6, 6.07) is 26.8. The summed E-state index contributed by atoms with van der Waals surface area (Å²) in [6.45, 7) is 1.15. The summed E-state index contributed by atoms with van der Waals surface area (Å²) in [5.74, 6) is 0.720. The van der Waals surface area contributed by atoms with Crippen LogP contribution >= 0.6 is 0 Å². The molecule has 0 saturated carbocycles. The largest absolute Gasteiger partial charge is 0.489 e. The van der Waals surface area contributed by atoms with Crippen LogP contribution in [0.25, 0.3) is 0 Å². The van der Waals surface area contributed by atoms with Crippen LogP contribution in [0.4, 0.5) is 0 Å². The number of aliphatic hydroxyl groups is 1. The second-order valence-electron chi connectivity index (χ2n) is 6.23. The molecule has 3 aromatic carbocycles. The molecule has 0 aliphatic heterocycles. The summed E-state index contributed by atoms with van der Waals surface area (Å²) in [4.78, 5) is 14.5. The highest BCUT2D eigenvalue weighted by molar-refractivity contribution is 5.94. The molecule has 0 heterocycles. The van der Waals surface area contributed by atoms with E-state index in [1.54, 1.807) is 17.0 Å². The van der Waals surface area contributed by atoms with Crippen LogP contribution in [-0.4, -0.2) is 29.1 Å². The molecule has 0 saturated heterocycles. The molecule has 3 rings (SSSR count). The van der Waals surface area contributed by atoms with E-state index in [4.69, 9.17) is 4.74 Å². The number of ether oxygens (including phenoxy) is 1. The van der Waals surface area contributed by atoms with Crippen LogP contribution < -0.4 is 4.74 Å². The maximum absolute atomic E-state index is 12.8. The average Bonchev–Trinajstić information content (AvgIpc) is 2.73. The Morgan fingerprint density at radius 3 is 2.07 bits per heavy atom. The fourth-order valence-electron chi connectivity index (χ4n) is 2.79. The van der Waals surface area contributed by atoms with E-state index >= 15 is 0 Å². The third-order valence-corrected chi connectivity index (χ3v) is 4.22. The van der Waals surface area contributed by atoms with Crippen LogP contribution in [0.5, 0.6) is 5.75 Å². The van der Waals surface area contributed by atoms with Crippen LogP contribution in [0.15, 0.2) is 84.9 Å². The van der Waals surface area contributed by atoms with E-state index in [-0.39, 0.29) is 12.5 Å². The van der Waals surface area contributed by atoms with Gasteiger partial charge in [0.2, 0.25) is 0 Å². The van der Waals surface area contributed by atoms with E-state index in [1.807, 2.05) is 72.8 Å². The van der Waals surface area contributed by atoms with E-state index in [9.17, 15) is 9.90 Å². The molecule has 0 aliphatic rings. The standard InChI is InChI=1S/C23H23NO3/c25-16-15-24(17-19-7-3-1-4-8-19)23(26)21-13-11-20(12-14-21)18-27-22-9-5-2-6-10-22/h1-14,25H,15-18H2. The van der Waals surface area contributed by atoms with Crippen molar-refractivity contribution < 1.29 is 14.6 Å². The van der Waals surface area contributed by atoms with Crippen LogP contribution in [0.2, 0.25) is 0 Å². The van der Waals surface area contributed by atoms with Crippen LogP contribution in [-0.2, 0) is 13.2 Å². The zero-order valence-electron chi connectivity index (χ0n) is 15.1. The lowest BCUT2D eigenvalue weighted by Gasteiger charge is -2.22. The maximum atomic E-state index is 12.8. The average molecular weight is 361 g/mol. The number of hydrogen-bond donors (Lipinski definition) is 1. The molecule has 138 valence electrons. The highest BCUT2D eigenvalue weighted by Crippen LogP contribution is 2.14. The fourth-order valence-corrected chi connectivity index (χ4v) is 2.79. The number of carbonyl (C=O) groups is 1. The molecule has 0 spiro atoms. The first kappa shape index (κ1) is 18.7. The Balaban J connectivity index is 1.64. The van der Waals surface area contributed by atoms with Gasteiger partial charge >= 0.3 is 0 Å². The third kappa shape index (κ3) is 5.43. The second kappa shape index (κ2) is 9.55. The summed E-state index contributed by atoms with van der Waals surface area (Å²) in [7, 11) is 0. The van der Waals surface area contributed by atoms with Gasteiger partial charge in [0.25, 0.3) is 5.91 Å². The molecule has 3 aromatic rings. The normalized spacial score (nSPS) is 10.4. The van der Waals surface area contributed by atoms with Gasteiger partial charge in [0.1, 0.15) is 12.4 Å². The molecule has 4 nitrogen and oxygen atoms in total. The molecule has 1 amide bonds. The van der Waals surface area contributed by atoms with Crippen molar-refractivity contribution in [1.29, 1.82) is 0 Å². The van der Waals surface area contributed by atoms with Crippen LogP contribution in [0, 0.1) is 0 Å². The number of nitrogens with zero attached hydrogens (tertiary/aromatic N) is 1. The maximum Gasteiger partial charge on any atom is 0.254 e. The van der Waals surface area contributed by atoms with Crippen molar-refractivity contribution in [1.82, 2.24) is 4.90 Å². The monoisotopic (exact) mass is 361 g/mol. The molecule has 0 unspecified atom stereocenters. The van der Waals surface area contributed by atoms with Crippen molar-refractivity contribution >= 4 is 5.91 Å². The minimum Gasteiger partial charge on any atom is -0.489 e. The Morgan fingerprint density at radius 1 is 0.815 bits per heavy atom. The Morgan fingerprint density at radius 2 is 1.44 bits per heavy atom. The molecule has 0 bridgehead atoms. The van der Waals surface area contributed by atoms with Gasteiger partial charge < -0.3 is 14.7 Å². The SMILES string of the molecule is O=C(c1ccc(COc2ccccc2)cc1)N(CCO)Cc1ccccc1. The van der Waals surface area contributed by atoms with E-state index in [1.165, 1.54) is 0 Å². The van der Waals surface area contributed by atoms with Gasteiger partial charge in [-0.15, -0.1) is 0 Å². The highest BCUT2D eigenvalue weighted by Gasteiger charge is 2.15. The highest BCUT2D eigenvalue weighted by atomic mass is 16.5. The lowest BCUT2D eigenvalue weighted by Crippen LogP contribution is -2.33. The van der Waals surface area contributed by atoms with Gasteiger partial charge in [0.15, 0.2) is 0 Å². The van der Waals surface area contributed by atoms with Crippen molar-refractivity contribution in [3.63, 3.8) is 0 Å². The second-order valence-corrected chi connectivity index (χ2v) is 6.23. The summed E-state index contributed by atoms with van der Waals surface area (Å²) in [5.41, 5.74) is 2.63. The van der Waals surface area contributed by atoms with E-state index in [0.29, 0.717) is 25.3 Å². The van der Waals surface area contributed by atoms with E-state index < -0.39 is 0 Å². The van der Waals surface area contributed by atoms with Crippen molar-refractivity contribution in [3.05, 3.63) is 102 Å². The van der Waals surface area contributed by atoms with Gasteiger partial charge in [0.05, 0.1) is 6.61 Å². The lowest BCUT2D eigenvalue weighted by molar-refractivity contribution is 0.0708. The quantitative estimate of drug-likeness (QED) is 0.662. The minimum absolute atomic E-state index is 0.0679. The van der Waals surface area contributed by atoms with Gasteiger partial charge in [-0.2, -0.15) is 0 Å². The van der Waals surface area contributed by atoms with Gasteiger partial charge in [-0.1, -0.05) is 60.7 Å². The van der Waals surface area contributed by atoms with Crippen molar-refractivity contribution in [2.45, 2.75) is 13.2 Å². The predicted molar refractivity (Wildman–Crippen MR) is 105 cm³/mol. The number of para-hydroxylation sites is 1. The zero-order chi connectivity index (χ0) is 18.9. The van der Waals surface area contributed by atoms with Crippen molar-refractivity contribution in [2.75, 3.05) is 13.2 Å². The first-order valence-corrected chi connectivity index (χ1v) is 8.97. The van der Waals surface area contributed by atoms with E-state index in [2.05, 4.69) is 0 Å². The minimum atomic E-state index is -0.0940. The molecule has 0 aromatic heterocycles. The Labute approximate surface area is 159 Å². The number of rotatable bonds is 8. The van der Waals surface area contributed by atoms with Gasteiger partial charge in [0, 0.05) is 18.7 Å². The Bertz CT molecular complexity index is 833. The van der Waals surface area contributed by atoms with Gasteiger partial charge in [-0.25, -0.2) is 0 Å². The molecule has 27 heavy (non-hydrogen) atoms. The van der Waals surface area contributed by atoms with E-state index in [0.717, 1.165) is 16.9 Å². The summed E-state index contributed by atoms with van der Waals surface area (Å²) in [5, 5.41) is 9.32. The third-order valence-electron chi connectivity index (χ3n) is 4.22. The molecule has 0 atom stereocenters. The summed E-state index contributed by atoms with van der Waals surface area (Å²) >= 11 is 0.